The van der Waals surface area contributed by atoms with Crippen molar-refractivity contribution in [3.05, 3.63) is 77.4 Å². The summed E-state index contributed by atoms with van der Waals surface area (Å²) < 4.78 is 2.38. The van der Waals surface area contributed by atoms with E-state index in [2.05, 4.69) is 86.6 Å². The summed E-state index contributed by atoms with van der Waals surface area (Å²) in [5.41, 5.74) is 5.72. The second-order valence-corrected chi connectivity index (χ2v) is 6.48. The molecule has 1 fully saturated rings. The van der Waals surface area contributed by atoms with Crippen molar-refractivity contribution >= 4 is 28.4 Å². The molecule has 102 valence electrons. The van der Waals surface area contributed by atoms with Crippen LogP contribution in [0.15, 0.2) is 66.2 Å². The predicted molar refractivity (Wildman–Crippen MR) is 93.7 cm³/mol. The van der Waals surface area contributed by atoms with Crippen molar-refractivity contribution in [3.8, 4) is 0 Å². The third-order valence-electron chi connectivity index (χ3n) is 3.79. The second-order valence-electron chi connectivity index (χ2n) is 5.12. The Labute approximate surface area is 134 Å². The highest BCUT2D eigenvalue weighted by Crippen LogP contribution is 2.32. The third-order valence-corrected chi connectivity index (χ3v) is 4.76. The van der Waals surface area contributed by atoms with Gasteiger partial charge < -0.3 is 0 Å². The van der Waals surface area contributed by atoms with E-state index in [1.54, 1.807) is 5.57 Å². The van der Waals surface area contributed by atoms with Crippen molar-refractivity contribution in [3.63, 3.8) is 0 Å². The van der Waals surface area contributed by atoms with Crippen LogP contribution in [0.5, 0.6) is 0 Å². The molecule has 2 aromatic carbocycles. The molecular weight excluding hydrogens is 357 g/mol. The standard InChI is InChI=1S/C18H18IN/c19-20-13-11-17(12-14-20)18(15-7-3-1-4-8-15)16-9-5-2-6-10-16/h1-10H,11-14H2. The second kappa shape index (κ2) is 6.55. The number of hydrogen-bond donors (Lipinski definition) is 0. The quantitative estimate of drug-likeness (QED) is 0.531. The van der Waals surface area contributed by atoms with Gasteiger partial charge in [-0.05, 0) is 29.5 Å². The molecule has 0 unspecified atom stereocenters. The van der Waals surface area contributed by atoms with Crippen LogP contribution in [-0.2, 0) is 0 Å². The van der Waals surface area contributed by atoms with Crippen LogP contribution in [0.2, 0.25) is 0 Å². The highest BCUT2D eigenvalue weighted by atomic mass is 127. The van der Waals surface area contributed by atoms with Crippen molar-refractivity contribution in [1.82, 2.24) is 3.11 Å². The fourth-order valence-electron chi connectivity index (χ4n) is 2.78. The zero-order valence-electron chi connectivity index (χ0n) is 11.4. The Hall–Kier alpha value is -1.13. The first-order valence-corrected chi connectivity index (χ1v) is 8.04. The lowest BCUT2D eigenvalue weighted by Gasteiger charge is -2.25. The molecule has 1 aliphatic heterocycles. The molecular formula is C18H18IN. The Morgan fingerprint density at radius 1 is 0.750 bits per heavy atom. The van der Waals surface area contributed by atoms with Crippen LogP contribution in [0.25, 0.3) is 5.57 Å². The highest BCUT2D eigenvalue weighted by Gasteiger charge is 2.17. The van der Waals surface area contributed by atoms with E-state index in [0.29, 0.717) is 0 Å². The van der Waals surface area contributed by atoms with Crippen molar-refractivity contribution in [2.75, 3.05) is 13.1 Å². The first-order valence-electron chi connectivity index (χ1n) is 7.08. The van der Waals surface area contributed by atoms with Gasteiger partial charge in [0.1, 0.15) is 0 Å². The number of piperidine rings is 1. The van der Waals surface area contributed by atoms with Crippen molar-refractivity contribution in [1.29, 1.82) is 0 Å². The molecule has 0 amide bonds. The topological polar surface area (TPSA) is 3.24 Å². The molecule has 0 N–H and O–H groups in total. The molecule has 1 saturated heterocycles. The summed E-state index contributed by atoms with van der Waals surface area (Å²) in [4.78, 5) is 0. The summed E-state index contributed by atoms with van der Waals surface area (Å²) in [5.74, 6) is 0. The molecule has 0 radical (unpaired) electrons. The van der Waals surface area contributed by atoms with E-state index in [4.69, 9.17) is 0 Å². The van der Waals surface area contributed by atoms with Crippen LogP contribution in [0.1, 0.15) is 24.0 Å². The summed E-state index contributed by atoms with van der Waals surface area (Å²) in [6.07, 6.45) is 2.34. The largest absolute Gasteiger partial charge is 0.247 e. The molecule has 0 spiro atoms. The van der Waals surface area contributed by atoms with Gasteiger partial charge >= 0.3 is 0 Å². The smallest absolute Gasteiger partial charge is 0.0201 e. The molecule has 0 atom stereocenters. The van der Waals surface area contributed by atoms with Gasteiger partial charge in [0.15, 0.2) is 0 Å². The maximum absolute atomic E-state index is 2.43. The molecule has 2 heteroatoms. The van der Waals surface area contributed by atoms with Crippen LogP contribution < -0.4 is 0 Å². The highest BCUT2D eigenvalue weighted by molar-refractivity contribution is 14.1. The minimum Gasteiger partial charge on any atom is -0.247 e. The zero-order chi connectivity index (χ0) is 13.8. The average molecular weight is 375 g/mol. The van der Waals surface area contributed by atoms with Crippen LogP contribution in [0.4, 0.5) is 0 Å². The van der Waals surface area contributed by atoms with Gasteiger partial charge in [0.2, 0.25) is 0 Å². The molecule has 0 aliphatic carbocycles. The van der Waals surface area contributed by atoms with E-state index in [0.717, 1.165) is 13.1 Å². The molecule has 0 saturated carbocycles. The fraction of sp³-hybridized carbons (Fsp3) is 0.222. The lowest BCUT2D eigenvalue weighted by Crippen LogP contribution is -2.21. The van der Waals surface area contributed by atoms with Gasteiger partial charge in [0.05, 0.1) is 0 Å². The Morgan fingerprint density at radius 2 is 1.20 bits per heavy atom. The molecule has 0 aromatic heterocycles. The first-order chi connectivity index (χ1) is 9.84. The Bertz CT molecular complexity index is 538. The third kappa shape index (κ3) is 3.13. The Balaban J connectivity index is 2.07. The number of benzene rings is 2. The predicted octanol–water partition coefficient (Wildman–Crippen LogP) is 4.93. The fourth-order valence-corrected chi connectivity index (χ4v) is 3.27. The summed E-state index contributed by atoms with van der Waals surface area (Å²) >= 11 is 2.43. The lowest BCUT2D eigenvalue weighted by molar-refractivity contribution is 0.468. The van der Waals surface area contributed by atoms with Gasteiger partial charge in [-0.15, -0.1) is 0 Å². The molecule has 1 nitrogen and oxygen atoms in total. The molecule has 2 aromatic rings. The summed E-state index contributed by atoms with van der Waals surface area (Å²) in [7, 11) is 0. The molecule has 0 bridgehead atoms. The van der Waals surface area contributed by atoms with E-state index in [9.17, 15) is 0 Å². The van der Waals surface area contributed by atoms with Gasteiger partial charge in [-0.25, -0.2) is 3.11 Å². The monoisotopic (exact) mass is 375 g/mol. The average Bonchev–Trinajstić information content (AvgIpc) is 2.52. The van der Waals surface area contributed by atoms with E-state index in [1.807, 2.05) is 0 Å². The summed E-state index contributed by atoms with van der Waals surface area (Å²) in [6.45, 7) is 2.30. The van der Waals surface area contributed by atoms with Crippen LogP contribution in [0, 0.1) is 0 Å². The van der Waals surface area contributed by atoms with E-state index in [1.165, 1.54) is 29.5 Å². The molecule has 1 aliphatic rings. The number of rotatable bonds is 2. The Morgan fingerprint density at radius 3 is 1.65 bits per heavy atom. The number of nitrogens with zero attached hydrogens (tertiary/aromatic N) is 1. The van der Waals surface area contributed by atoms with Crippen molar-refractivity contribution < 1.29 is 0 Å². The lowest BCUT2D eigenvalue weighted by atomic mass is 9.89. The van der Waals surface area contributed by atoms with Crippen molar-refractivity contribution in [2.45, 2.75) is 12.8 Å². The first kappa shape index (κ1) is 13.8. The normalized spacial score (nSPS) is 16.1. The molecule has 1 heterocycles. The van der Waals surface area contributed by atoms with Crippen LogP contribution in [0.3, 0.4) is 0 Å². The maximum Gasteiger partial charge on any atom is 0.0201 e. The SMILES string of the molecule is IN1CCC(=C(c2ccccc2)c2ccccc2)CC1. The van der Waals surface area contributed by atoms with Gasteiger partial charge in [-0.1, -0.05) is 66.2 Å². The van der Waals surface area contributed by atoms with E-state index in [-0.39, 0.29) is 0 Å². The summed E-state index contributed by atoms with van der Waals surface area (Å²) in [6, 6.07) is 21.6. The van der Waals surface area contributed by atoms with Gasteiger partial charge in [0, 0.05) is 36.0 Å². The van der Waals surface area contributed by atoms with E-state index >= 15 is 0 Å². The minimum atomic E-state index is 1.15. The van der Waals surface area contributed by atoms with Crippen molar-refractivity contribution in [2.24, 2.45) is 0 Å². The minimum absolute atomic E-state index is 1.15. The van der Waals surface area contributed by atoms with Gasteiger partial charge in [-0.2, -0.15) is 0 Å². The number of hydrogen-bond acceptors (Lipinski definition) is 1. The molecule has 20 heavy (non-hydrogen) atoms. The number of halogens is 1. The van der Waals surface area contributed by atoms with Crippen LogP contribution >= 0.6 is 22.9 Å². The van der Waals surface area contributed by atoms with Crippen LogP contribution in [-0.4, -0.2) is 16.2 Å². The summed E-state index contributed by atoms with van der Waals surface area (Å²) in [5, 5.41) is 0. The molecule has 3 rings (SSSR count). The zero-order valence-corrected chi connectivity index (χ0v) is 13.6. The Kier molecular flexibility index (Phi) is 4.53. The van der Waals surface area contributed by atoms with Gasteiger partial charge in [-0.3, -0.25) is 0 Å². The van der Waals surface area contributed by atoms with Gasteiger partial charge in [0.25, 0.3) is 0 Å². The maximum atomic E-state index is 2.43. The van der Waals surface area contributed by atoms with E-state index < -0.39 is 0 Å².